The van der Waals surface area contributed by atoms with Crippen molar-refractivity contribution in [2.75, 3.05) is 12.8 Å². The van der Waals surface area contributed by atoms with Gasteiger partial charge in [-0.05, 0) is 47.7 Å². The summed E-state index contributed by atoms with van der Waals surface area (Å²) in [6, 6.07) is 14.1. The minimum atomic E-state index is -2.53. The van der Waals surface area contributed by atoms with Crippen LogP contribution in [0.2, 0.25) is 0 Å². The van der Waals surface area contributed by atoms with Gasteiger partial charge in [0.1, 0.15) is 5.82 Å². The van der Waals surface area contributed by atoms with Gasteiger partial charge in [-0.2, -0.15) is 0 Å². The minimum Gasteiger partial charge on any atom is -0.369 e. The number of aliphatic imine (C=N–C) groups is 1. The van der Waals surface area contributed by atoms with Crippen LogP contribution in [0, 0.1) is 5.82 Å². The fraction of sp³-hybridized carbons (Fsp3) is 0.222. The smallest absolute Gasteiger partial charge is 0.203 e. The quantitative estimate of drug-likeness (QED) is 0.851. The minimum absolute atomic E-state index is 0.208. The molecule has 2 aromatic rings. The summed E-state index contributed by atoms with van der Waals surface area (Å²) in [5.41, 5.74) is 7.73. The number of rotatable bonds is 2. The Balaban J connectivity index is 2.09. The molecule has 3 rings (SSSR count). The second-order valence-corrected chi connectivity index (χ2v) is 8.63. The third-order valence-corrected chi connectivity index (χ3v) is 6.53. The van der Waals surface area contributed by atoms with Crippen LogP contribution in [-0.2, 0) is 15.2 Å². The molecule has 24 heavy (non-hydrogen) atoms. The molecule has 1 heterocycles. The summed E-state index contributed by atoms with van der Waals surface area (Å²) >= 11 is 0. The Morgan fingerprint density at radius 1 is 1.25 bits per heavy atom. The van der Waals surface area contributed by atoms with E-state index >= 15 is 0 Å². The van der Waals surface area contributed by atoms with Crippen molar-refractivity contribution < 1.29 is 8.60 Å². The highest BCUT2D eigenvalue weighted by Gasteiger charge is 2.36. The van der Waals surface area contributed by atoms with E-state index in [0.29, 0.717) is 0 Å². The molecule has 0 aromatic heterocycles. The third-order valence-electron chi connectivity index (χ3n) is 4.33. The maximum Gasteiger partial charge on any atom is 0.203 e. The number of nitrogens with two attached hydrogens (primary N) is 1. The second kappa shape index (κ2) is 5.63. The van der Waals surface area contributed by atoms with Crippen molar-refractivity contribution in [2.24, 2.45) is 10.7 Å². The number of hydrogen-bond donors (Lipinski definition) is 1. The molecule has 126 valence electrons. The lowest BCUT2D eigenvalue weighted by Crippen LogP contribution is -2.50. The molecule has 0 saturated carbocycles. The first kappa shape index (κ1) is 16.5. The molecule has 2 atom stereocenters. The highest BCUT2D eigenvalue weighted by molar-refractivity contribution is 7.98. The van der Waals surface area contributed by atoms with Gasteiger partial charge < -0.3 is 5.73 Å². The Bertz CT molecular complexity index is 923. The molecule has 0 bridgehead atoms. The van der Waals surface area contributed by atoms with Crippen LogP contribution in [0.5, 0.6) is 0 Å². The fourth-order valence-electron chi connectivity index (χ4n) is 2.91. The van der Waals surface area contributed by atoms with Gasteiger partial charge in [-0.15, -0.1) is 0 Å². The van der Waals surface area contributed by atoms with Crippen molar-refractivity contribution in [2.45, 2.75) is 12.5 Å². The predicted molar refractivity (Wildman–Crippen MR) is 98.7 cm³/mol. The number of guanidine groups is 1. The summed E-state index contributed by atoms with van der Waals surface area (Å²) in [6.07, 6.45) is 0. The monoisotopic (exact) mass is 345 g/mol. The number of benzene rings is 2. The van der Waals surface area contributed by atoms with Crippen molar-refractivity contribution >= 4 is 21.5 Å². The van der Waals surface area contributed by atoms with Crippen molar-refractivity contribution in [3.63, 3.8) is 0 Å². The first-order chi connectivity index (χ1) is 11.2. The maximum absolute atomic E-state index is 13.5. The van der Waals surface area contributed by atoms with Gasteiger partial charge in [0, 0.05) is 7.05 Å². The van der Waals surface area contributed by atoms with Crippen LogP contribution in [-0.4, -0.2) is 33.1 Å². The van der Waals surface area contributed by atoms with Gasteiger partial charge in [0.2, 0.25) is 5.96 Å². The molecule has 0 amide bonds. The van der Waals surface area contributed by atoms with E-state index in [0.717, 1.165) is 16.7 Å². The molecule has 1 unspecified atom stereocenters. The zero-order chi connectivity index (χ0) is 17.5. The molecule has 0 radical (unpaired) electrons. The zero-order valence-electron chi connectivity index (χ0n) is 13.7. The molecule has 4 nitrogen and oxygen atoms in total. The van der Waals surface area contributed by atoms with Crippen LogP contribution < -0.4 is 5.73 Å². The Kier molecular flexibility index (Phi) is 3.87. The third kappa shape index (κ3) is 2.89. The summed E-state index contributed by atoms with van der Waals surface area (Å²) in [5, 5.41) is 0. The highest BCUT2D eigenvalue weighted by atomic mass is 32.2. The Morgan fingerprint density at radius 2 is 1.88 bits per heavy atom. The van der Waals surface area contributed by atoms with E-state index in [9.17, 15) is 8.60 Å². The highest BCUT2D eigenvalue weighted by Crippen LogP contribution is 2.34. The van der Waals surface area contributed by atoms with Gasteiger partial charge >= 0.3 is 0 Å². The molecule has 0 saturated heterocycles. The number of hydrogen-bond acceptors (Lipinski definition) is 3. The second-order valence-electron chi connectivity index (χ2n) is 6.25. The normalized spacial score (nSPS) is 27.0. The lowest BCUT2D eigenvalue weighted by molar-refractivity contribution is 0.514. The summed E-state index contributed by atoms with van der Waals surface area (Å²) in [7, 11) is -0.897. The molecular formula is C18H20FN3OS. The average molecular weight is 345 g/mol. The van der Waals surface area contributed by atoms with Crippen molar-refractivity contribution in [1.82, 2.24) is 4.31 Å². The average Bonchev–Trinajstić information content (AvgIpc) is 2.52. The lowest BCUT2D eigenvalue weighted by Gasteiger charge is -2.37. The lowest BCUT2D eigenvalue weighted by atomic mass is 9.91. The van der Waals surface area contributed by atoms with Crippen LogP contribution in [0.15, 0.2) is 53.5 Å². The first-order valence-electron chi connectivity index (χ1n) is 7.52. The largest absolute Gasteiger partial charge is 0.369 e. The zero-order valence-corrected chi connectivity index (χ0v) is 14.5. The molecule has 1 aliphatic heterocycles. The molecule has 0 fully saturated rings. The first-order valence-corrected chi connectivity index (χ1v) is 9.37. The van der Waals surface area contributed by atoms with Gasteiger partial charge in [-0.25, -0.2) is 13.6 Å². The van der Waals surface area contributed by atoms with Crippen LogP contribution in [0.1, 0.15) is 12.5 Å². The van der Waals surface area contributed by atoms with E-state index in [1.54, 1.807) is 13.1 Å². The Morgan fingerprint density at radius 3 is 2.50 bits per heavy atom. The van der Waals surface area contributed by atoms with Gasteiger partial charge in [0.15, 0.2) is 0 Å². The number of halogens is 1. The summed E-state index contributed by atoms with van der Waals surface area (Å²) in [4.78, 5) is 4.54. The van der Waals surface area contributed by atoms with Crippen LogP contribution in [0.4, 0.5) is 4.39 Å². The maximum atomic E-state index is 13.5. The molecular weight excluding hydrogens is 325 g/mol. The van der Waals surface area contributed by atoms with Gasteiger partial charge in [-0.1, -0.05) is 30.3 Å². The molecule has 1 aliphatic rings. The molecule has 2 N–H and O–H groups in total. The molecule has 6 heteroatoms. The summed E-state index contributed by atoms with van der Waals surface area (Å²) in [5.74, 6) is 4.01. The van der Waals surface area contributed by atoms with E-state index in [2.05, 4.69) is 10.9 Å². The Hall–Kier alpha value is -2.34. The van der Waals surface area contributed by atoms with Crippen molar-refractivity contribution in [3.05, 3.63) is 59.9 Å². The van der Waals surface area contributed by atoms with Crippen molar-refractivity contribution in [1.29, 1.82) is 0 Å². The van der Waals surface area contributed by atoms with Gasteiger partial charge in [0.05, 0.1) is 21.0 Å². The predicted octanol–water partition coefficient (Wildman–Crippen LogP) is 2.60. The fourth-order valence-corrected chi connectivity index (χ4v) is 4.60. The van der Waals surface area contributed by atoms with Crippen LogP contribution >= 0.6 is 0 Å². The summed E-state index contributed by atoms with van der Waals surface area (Å²) in [6.45, 7) is 1.89. The topological polar surface area (TPSA) is 58.7 Å². The van der Waals surface area contributed by atoms with Gasteiger partial charge in [0.25, 0.3) is 0 Å². The molecule has 2 aromatic carbocycles. The van der Waals surface area contributed by atoms with E-state index in [1.165, 1.54) is 16.4 Å². The van der Waals surface area contributed by atoms with Crippen LogP contribution in [0.3, 0.4) is 0 Å². The van der Waals surface area contributed by atoms with Crippen LogP contribution in [0.25, 0.3) is 11.1 Å². The van der Waals surface area contributed by atoms with E-state index in [1.807, 2.05) is 37.3 Å². The number of nitrogens with zero attached hydrogens (tertiary/aromatic N) is 2. The van der Waals surface area contributed by atoms with E-state index in [4.69, 9.17) is 5.73 Å². The molecule has 0 aliphatic carbocycles. The SMILES string of the molecule is C=S1(=O)C[C@@](C)(c2cccc(-c3cccc(F)c3)c2)N=C(N)N1C. The van der Waals surface area contributed by atoms with E-state index in [-0.39, 0.29) is 17.5 Å². The van der Waals surface area contributed by atoms with E-state index < -0.39 is 15.2 Å². The summed E-state index contributed by atoms with van der Waals surface area (Å²) < 4.78 is 27.7. The Labute approximate surface area is 142 Å². The van der Waals surface area contributed by atoms with Gasteiger partial charge in [-0.3, -0.25) is 4.31 Å². The molecule has 0 spiro atoms. The van der Waals surface area contributed by atoms with Crippen molar-refractivity contribution in [3.8, 4) is 11.1 Å². The standard InChI is InChI=1S/C18H20FN3OS/c1-18(12-24(3,23)22(2)17(20)21-18)15-8-4-6-13(10-15)14-7-5-9-16(19)11-14/h4-11H,3,12H2,1-2H3,(H2,20,21)/t18-,24?/m0/s1.